The lowest BCUT2D eigenvalue weighted by Crippen LogP contribution is -2.10. The number of aryl methyl sites for hydroxylation is 1. The van der Waals surface area contributed by atoms with Gasteiger partial charge in [0, 0.05) is 12.5 Å². The molecule has 1 aromatic rings. The summed E-state index contributed by atoms with van der Waals surface area (Å²) < 4.78 is 9.65. The SMILES string of the molecule is COC(=O)Cc1cccc(C)c1OC(C)=O. The van der Waals surface area contributed by atoms with Gasteiger partial charge in [0.05, 0.1) is 13.5 Å². The van der Waals surface area contributed by atoms with E-state index in [4.69, 9.17) is 4.74 Å². The number of esters is 2. The zero-order chi connectivity index (χ0) is 12.1. The van der Waals surface area contributed by atoms with Gasteiger partial charge in [0.15, 0.2) is 0 Å². The maximum Gasteiger partial charge on any atom is 0.310 e. The summed E-state index contributed by atoms with van der Waals surface area (Å²) in [5, 5.41) is 0. The van der Waals surface area contributed by atoms with Crippen molar-refractivity contribution in [3.63, 3.8) is 0 Å². The highest BCUT2D eigenvalue weighted by Gasteiger charge is 2.12. The third-order valence-corrected chi connectivity index (χ3v) is 2.10. The van der Waals surface area contributed by atoms with Crippen molar-refractivity contribution < 1.29 is 19.1 Å². The van der Waals surface area contributed by atoms with Gasteiger partial charge in [-0.2, -0.15) is 0 Å². The van der Waals surface area contributed by atoms with Gasteiger partial charge in [0.1, 0.15) is 5.75 Å². The van der Waals surface area contributed by atoms with E-state index in [0.717, 1.165) is 5.56 Å². The monoisotopic (exact) mass is 222 g/mol. The minimum Gasteiger partial charge on any atom is -0.469 e. The molecule has 0 aliphatic rings. The summed E-state index contributed by atoms with van der Waals surface area (Å²) in [5.41, 5.74) is 1.47. The minimum absolute atomic E-state index is 0.0980. The summed E-state index contributed by atoms with van der Waals surface area (Å²) in [6.07, 6.45) is 0.0980. The fraction of sp³-hybridized carbons (Fsp3) is 0.333. The highest BCUT2D eigenvalue weighted by Crippen LogP contribution is 2.24. The summed E-state index contributed by atoms with van der Waals surface area (Å²) in [6.45, 7) is 3.15. The predicted molar refractivity (Wildman–Crippen MR) is 58.2 cm³/mol. The molecule has 4 heteroatoms. The first-order chi connectivity index (χ1) is 7.54. The summed E-state index contributed by atoms with van der Waals surface area (Å²) in [7, 11) is 1.32. The lowest BCUT2D eigenvalue weighted by molar-refractivity contribution is -0.140. The number of para-hydroxylation sites is 1. The Kier molecular flexibility index (Phi) is 4.05. The Morgan fingerprint density at radius 2 is 2.00 bits per heavy atom. The Morgan fingerprint density at radius 3 is 2.56 bits per heavy atom. The van der Waals surface area contributed by atoms with Crippen LogP contribution >= 0.6 is 0 Å². The Hall–Kier alpha value is -1.84. The molecule has 0 radical (unpaired) electrons. The number of carbonyl (C=O) groups is 2. The Morgan fingerprint density at radius 1 is 1.31 bits per heavy atom. The summed E-state index contributed by atoms with van der Waals surface area (Å²) in [6, 6.07) is 5.36. The molecule has 0 heterocycles. The molecular weight excluding hydrogens is 208 g/mol. The second-order valence-corrected chi connectivity index (χ2v) is 3.41. The first-order valence-electron chi connectivity index (χ1n) is 4.88. The van der Waals surface area contributed by atoms with Crippen molar-refractivity contribution in [3.8, 4) is 5.75 Å². The molecule has 4 nitrogen and oxygen atoms in total. The van der Waals surface area contributed by atoms with E-state index in [0.29, 0.717) is 11.3 Å². The number of methoxy groups -OCH3 is 1. The topological polar surface area (TPSA) is 52.6 Å². The Balaban J connectivity index is 3.02. The number of hydrogen-bond acceptors (Lipinski definition) is 4. The highest BCUT2D eigenvalue weighted by molar-refractivity contribution is 5.75. The van der Waals surface area contributed by atoms with Crippen LogP contribution in [0.3, 0.4) is 0 Å². The molecule has 0 amide bonds. The summed E-state index contributed by atoms with van der Waals surface area (Å²) in [5.74, 6) is -0.320. The quantitative estimate of drug-likeness (QED) is 0.576. The molecule has 0 aromatic heterocycles. The normalized spacial score (nSPS) is 9.69. The molecule has 0 aliphatic carbocycles. The van der Waals surface area contributed by atoms with Crippen molar-refractivity contribution in [3.05, 3.63) is 29.3 Å². The lowest BCUT2D eigenvalue weighted by Gasteiger charge is -2.10. The number of carbonyl (C=O) groups excluding carboxylic acids is 2. The first-order valence-corrected chi connectivity index (χ1v) is 4.88. The fourth-order valence-electron chi connectivity index (χ4n) is 1.37. The predicted octanol–water partition coefficient (Wildman–Crippen LogP) is 1.64. The fourth-order valence-corrected chi connectivity index (χ4v) is 1.37. The largest absolute Gasteiger partial charge is 0.469 e. The maximum atomic E-state index is 11.2. The van der Waals surface area contributed by atoms with E-state index in [-0.39, 0.29) is 12.4 Å². The van der Waals surface area contributed by atoms with Crippen LogP contribution < -0.4 is 4.74 Å². The molecule has 0 spiro atoms. The Labute approximate surface area is 94.2 Å². The van der Waals surface area contributed by atoms with Crippen LogP contribution in [0.1, 0.15) is 18.1 Å². The first kappa shape index (κ1) is 12.2. The van der Waals surface area contributed by atoms with Crippen molar-refractivity contribution in [2.45, 2.75) is 20.3 Å². The molecule has 1 aromatic carbocycles. The molecule has 0 unspecified atom stereocenters. The smallest absolute Gasteiger partial charge is 0.310 e. The van der Waals surface area contributed by atoms with Crippen molar-refractivity contribution in [2.24, 2.45) is 0 Å². The average molecular weight is 222 g/mol. The zero-order valence-electron chi connectivity index (χ0n) is 9.57. The van der Waals surface area contributed by atoms with Crippen LogP contribution in [0.15, 0.2) is 18.2 Å². The van der Waals surface area contributed by atoms with E-state index in [2.05, 4.69) is 4.74 Å². The van der Waals surface area contributed by atoms with Crippen LogP contribution in [0.2, 0.25) is 0 Å². The van der Waals surface area contributed by atoms with E-state index < -0.39 is 5.97 Å². The van der Waals surface area contributed by atoms with E-state index in [1.165, 1.54) is 14.0 Å². The average Bonchev–Trinajstić information content (AvgIpc) is 2.22. The second-order valence-electron chi connectivity index (χ2n) is 3.41. The van der Waals surface area contributed by atoms with E-state index in [1.807, 2.05) is 13.0 Å². The van der Waals surface area contributed by atoms with Crippen molar-refractivity contribution in [1.82, 2.24) is 0 Å². The molecule has 1 rings (SSSR count). The summed E-state index contributed by atoms with van der Waals surface area (Å²) in [4.78, 5) is 22.1. The lowest BCUT2D eigenvalue weighted by atomic mass is 10.1. The molecule has 0 aliphatic heterocycles. The molecule has 0 saturated heterocycles. The van der Waals surface area contributed by atoms with Crippen LogP contribution in [-0.4, -0.2) is 19.0 Å². The Bertz CT molecular complexity index is 409. The molecule has 86 valence electrons. The van der Waals surface area contributed by atoms with Crippen molar-refractivity contribution in [1.29, 1.82) is 0 Å². The molecular formula is C12H14O4. The van der Waals surface area contributed by atoms with Crippen LogP contribution in [0.5, 0.6) is 5.75 Å². The van der Waals surface area contributed by atoms with Crippen molar-refractivity contribution in [2.75, 3.05) is 7.11 Å². The number of benzene rings is 1. The van der Waals surface area contributed by atoms with Gasteiger partial charge < -0.3 is 9.47 Å². The highest BCUT2D eigenvalue weighted by atomic mass is 16.5. The maximum absolute atomic E-state index is 11.2. The van der Waals surface area contributed by atoms with Gasteiger partial charge in [-0.25, -0.2) is 0 Å². The standard InChI is InChI=1S/C12H14O4/c1-8-5-4-6-10(7-11(14)15-3)12(8)16-9(2)13/h4-6H,7H2,1-3H3. The van der Waals surface area contributed by atoms with Gasteiger partial charge in [-0.3, -0.25) is 9.59 Å². The number of ether oxygens (including phenoxy) is 2. The van der Waals surface area contributed by atoms with Gasteiger partial charge in [-0.05, 0) is 12.5 Å². The van der Waals surface area contributed by atoms with Crippen molar-refractivity contribution >= 4 is 11.9 Å². The van der Waals surface area contributed by atoms with Gasteiger partial charge in [-0.1, -0.05) is 18.2 Å². The molecule has 0 N–H and O–H groups in total. The van der Waals surface area contributed by atoms with E-state index in [9.17, 15) is 9.59 Å². The third-order valence-electron chi connectivity index (χ3n) is 2.10. The van der Waals surface area contributed by atoms with Crippen LogP contribution in [0.4, 0.5) is 0 Å². The summed E-state index contributed by atoms with van der Waals surface area (Å²) >= 11 is 0. The third kappa shape index (κ3) is 3.08. The van der Waals surface area contributed by atoms with Gasteiger partial charge in [-0.15, -0.1) is 0 Å². The second kappa shape index (κ2) is 5.30. The molecule has 0 atom stereocenters. The van der Waals surface area contributed by atoms with E-state index >= 15 is 0 Å². The van der Waals surface area contributed by atoms with Crippen LogP contribution in [0, 0.1) is 6.92 Å². The molecule has 0 bridgehead atoms. The van der Waals surface area contributed by atoms with Gasteiger partial charge in [0.2, 0.25) is 0 Å². The molecule has 0 saturated carbocycles. The zero-order valence-corrected chi connectivity index (χ0v) is 9.57. The number of rotatable bonds is 3. The van der Waals surface area contributed by atoms with Crippen LogP contribution in [-0.2, 0) is 20.7 Å². The number of hydrogen-bond donors (Lipinski definition) is 0. The van der Waals surface area contributed by atoms with Crippen LogP contribution in [0.25, 0.3) is 0 Å². The minimum atomic E-state index is -0.402. The van der Waals surface area contributed by atoms with E-state index in [1.54, 1.807) is 12.1 Å². The molecule has 16 heavy (non-hydrogen) atoms. The van der Waals surface area contributed by atoms with Gasteiger partial charge in [0.25, 0.3) is 0 Å². The van der Waals surface area contributed by atoms with Gasteiger partial charge >= 0.3 is 11.9 Å². The molecule has 0 fully saturated rings.